The van der Waals surface area contributed by atoms with Crippen molar-refractivity contribution in [3.63, 3.8) is 0 Å². The summed E-state index contributed by atoms with van der Waals surface area (Å²) >= 11 is 0. The molecule has 3 heteroatoms. The second-order valence-corrected chi connectivity index (χ2v) is 8.00. The Kier molecular flexibility index (Phi) is 4.29. The molecule has 0 aromatic heterocycles. The Labute approximate surface area is 118 Å². The molecule has 1 aliphatic heterocycles. The fourth-order valence-corrected chi connectivity index (χ4v) is 4.55. The van der Waals surface area contributed by atoms with Crippen LogP contribution in [0.25, 0.3) is 0 Å². The lowest BCUT2D eigenvalue weighted by Crippen LogP contribution is -2.52. The molecule has 2 rings (SSSR count). The monoisotopic (exact) mass is 268 g/mol. The molecule has 2 aliphatic rings. The van der Waals surface area contributed by atoms with Gasteiger partial charge in [-0.3, -0.25) is 11.3 Å². The van der Waals surface area contributed by atoms with Gasteiger partial charge in [-0.2, -0.15) is 0 Å². The number of ether oxygens (including phenoxy) is 1. The molecule has 1 aliphatic carbocycles. The van der Waals surface area contributed by atoms with Crippen molar-refractivity contribution in [2.45, 2.75) is 84.0 Å². The van der Waals surface area contributed by atoms with Crippen LogP contribution in [-0.2, 0) is 4.74 Å². The predicted octanol–water partition coefficient (Wildman–Crippen LogP) is 3.24. The molecule has 0 spiro atoms. The van der Waals surface area contributed by atoms with E-state index in [0.29, 0.717) is 17.9 Å². The van der Waals surface area contributed by atoms with Crippen LogP contribution in [0.4, 0.5) is 0 Å². The van der Waals surface area contributed by atoms with Gasteiger partial charge in [-0.05, 0) is 58.8 Å². The molecule has 0 bridgehead atoms. The maximum absolute atomic E-state index is 6.25. The Balaban J connectivity index is 2.13. The summed E-state index contributed by atoms with van der Waals surface area (Å²) in [6, 6.07) is 0.388. The maximum Gasteiger partial charge on any atom is 0.0678 e. The molecule has 0 amide bonds. The zero-order valence-corrected chi connectivity index (χ0v) is 13.3. The van der Waals surface area contributed by atoms with Crippen LogP contribution in [0, 0.1) is 17.8 Å². The lowest BCUT2D eigenvalue weighted by atomic mass is 9.70. The number of hydrogen-bond donors (Lipinski definition) is 2. The van der Waals surface area contributed by atoms with Gasteiger partial charge in [0.1, 0.15) is 0 Å². The molecule has 4 unspecified atom stereocenters. The van der Waals surface area contributed by atoms with Gasteiger partial charge in [0.2, 0.25) is 0 Å². The van der Waals surface area contributed by atoms with Gasteiger partial charge >= 0.3 is 0 Å². The molecule has 0 aromatic carbocycles. The van der Waals surface area contributed by atoms with Crippen molar-refractivity contribution in [3.05, 3.63) is 0 Å². The zero-order valence-electron chi connectivity index (χ0n) is 13.3. The summed E-state index contributed by atoms with van der Waals surface area (Å²) in [7, 11) is 0. The van der Waals surface area contributed by atoms with Gasteiger partial charge in [0, 0.05) is 12.0 Å². The molecular weight excluding hydrogens is 236 g/mol. The normalized spacial score (nSPS) is 39.2. The molecule has 1 heterocycles. The molecule has 0 radical (unpaired) electrons. The second kappa shape index (κ2) is 5.34. The first-order chi connectivity index (χ1) is 8.75. The summed E-state index contributed by atoms with van der Waals surface area (Å²) in [6.45, 7) is 11.2. The van der Waals surface area contributed by atoms with Crippen molar-refractivity contribution in [1.29, 1.82) is 0 Å². The highest BCUT2D eigenvalue weighted by molar-refractivity contribution is 5.01. The third-order valence-corrected chi connectivity index (χ3v) is 5.25. The summed E-state index contributed by atoms with van der Waals surface area (Å²) in [5.74, 6) is 7.98. The van der Waals surface area contributed by atoms with Crippen molar-refractivity contribution < 1.29 is 4.74 Å². The van der Waals surface area contributed by atoms with E-state index >= 15 is 0 Å². The maximum atomic E-state index is 6.25. The first-order valence-corrected chi connectivity index (χ1v) is 7.91. The van der Waals surface area contributed by atoms with Crippen LogP contribution < -0.4 is 11.3 Å². The zero-order chi connectivity index (χ0) is 14.3. The predicted molar refractivity (Wildman–Crippen MR) is 79.6 cm³/mol. The third kappa shape index (κ3) is 3.32. The molecule has 3 N–H and O–H groups in total. The number of rotatable bonds is 3. The van der Waals surface area contributed by atoms with Crippen LogP contribution in [0.2, 0.25) is 0 Å². The third-order valence-electron chi connectivity index (χ3n) is 5.25. The Morgan fingerprint density at radius 2 is 1.89 bits per heavy atom. The van der Waals surface area contributed by atoms with Crippen LogP contribution >= 0.6 is 0 Å². The molecule has 2 fully saturated rings. The van der Waals surface area contributed by atoms with E-state index in [2.05, 4.69) is 40.0 Å². The first-order valence-electron chi connectivity index (χ1n) is 7.91. The van der Waals surface area contributed by atoms with Gasteiger partial charge in [0.05, 0.1) is 11.2 Å². The topological polar surface area (TPSA) is 47.3 Å². The highest BCUT2D eigenvalue weighted by Crippen LogP contribution is 2.46. The molecule has 1 saturated carbocycles. The highest BCUT2D eigenvalue weighted by atomic mass is 16.5. The van der Waals surface area contributed by atoms with Gasteiger partial charge < -0.3 is 4.74 Å². The summed E-state index contributed by atoms with van der Waals surface area (Å²) in [5, 5.41) is 0. The van der Waals surface area contributed by atoms with Crippen LogP contribution in [0.1, 0.15) is 66.7 Å². The van der Waals surface area contributed by atoms with Crippen LogP contribution in [0.15, 0.2) is 0 Å². The van der Waals surface area contributed by atoms with Crippen LogP contribution in [0.3, 0.4) is 0 Å². The van der Waals surface area contributed by atoms with Crippen LogP contribution in [0.5, 0.6) is 0 Å². The summed E-state index contributed by atoms with van der Waals surface area (Å²) < 4.78 is 6.25. The van der Waals surface area contributed by atoms with E-state index in [1.165, 1.54) is 25.7 Å². The van der Waals surface area contributed by atoms with Crippen molar-refractivity contribution >= 4 is 0 Å². The largest absolute Gasteiger partial charge is 0.369 e. The van der Waals surface area contributed by atoms with Crippen molar-refractivity contribution in [2.75, 3.05) is 0 Å². The van der Waals surface area contributed by atoms with Gasteiger partial charge in [0.15, 0.2) is 0 Å². The highest BCUT2D eigenvalue weighted by Gasteiger charge is 2.50. The quantitative estimate of drug-likeness (QED) is 0.610. The molecule has 1 saturated heterocycles. The van der Waals surface area contributed by atoms with E-state index in [1.54, 1.807) is 0 Å². The van der Waals surface area contributed by atoms with Crippen molar-refractivity contribution in [1.82, 2.24) is 5.43 Å². The average Bonchev–Trinajstić information content (AvgIpc) is 2.48. The lowest BCUT2D eigenvalue weighted by Gasteiger charge is -2.40. The minimum absolute atomic E-state index is 0.0243. The average molecular weight is 268 g/mol. The van der Waals surface area contributed by atoms with E-state index in [1.807, 2.05) is 0 Å². The molecular formula is C16H32N2O. The second-order valence-electron chi connectivity index (χ2n) is 8.00. The Hall–Kier alpha value is -0.120. The minimum atomic E-state index is -0.0821. The number of nitrogens with one attached hydrogen (secondary N) is 1. The Morgan fingerprint density at radius 1 is 1.21 bits per heavy atom. The number of hydrazine groups is 1. The summed E-state index contributed by atoms with van der Waals surface area (Å²) in [4.78, 5) is 0. The summed E-state index contributed by atoms with van der Waals surface area (Å²) in [6.07, 6.45) is 6.44. The van der Waals surface area contributed by atoms with Gasteiger partial charge in [-0.1, -0.05) is 19.8 Å². The van der Waals surface area contributed by atoms with Gasteiger partial charge in [0.25, 0.3) is 0 Å². The Morgan fingerprint density at radius 3 is 2.37 bits per heavy atom. The minimum Gasteiger partial charge on any atom is -0.369 e. The smallest absolute Gasteiger partial charge is 0.0678 e. The molecule has 4 atom stereocenters. The van der Waals surface area contributed by atoms with Crippen molar-refractivity contribution in [3.8, 4) is 0 Å². The van der Waals surface area contributed by atoms with Crippen LogP contribution in [-0.4, -0.2) is 17.2 Å². The Bertz CT molecular complexity index is 314. The van der Waals surface area contributed by atoms with E-state index < -0.39 is 0 Å². The number of nitrogens with two attached hydrogens (primary N) is 1. The van der Waals surface area contributed by atoms with E-state index in [0.717, 1.165) is 12.3 Å². The standard InChI is InChI=1S/C16H32N2O/c1-11-7-6-8-12(9-11)14(18-17)13-10-15(2,3)19-16(13,4)5/h11-14,18H,6-10,17H2,1-5H3. The lowest BCUT2D eigenvalue weighted by molar-refractivity contribution is -0.0805. The molecule has 19 heavy (non-hydrogen) atoms. The van der Waals surface area contributed by atoms with E-state index in [4.69, 9.17) is 10.6 Å². The van der Waals surface area contributed by atoms with Crippen molar-refractivity contribution in [2.24, 2.45) is 23.6 Å². The molecule has 112 valence electrons. The van der Waals surface area contributed by atoms with E-state index in [-0.39, 0.29) is 11.2 Å². The van der Waals surface area contributed by atoms with Gasteiger partial charge in [-0.15, -0.1) is 0 Å². The number of hydrogen-bond acceptors (Lipinski definition) is 3. The molecule has 0 aromatic rings. The van der Waals surface area contributed by atoms with E-state index in [9.17, 15) is 0 Å². The van der Waals surface area contributed by atoms with Gasteiger partial charge in [-0.25, -0.2) is 0 Å². The first kappa shape index (κ1) is 15.3. The summed E-state index contributed by atoms with van der Waals surface area (Å²) in [5.41, 5.74) is 3.04. The molecule has 3 nitrogen and oxygen atoms in total. The SMILES string of the molecule is CC1CCCC(C(NN)C2CC(C)(C)OC2(C)C)C1. The fraction of sp³-hybridized carbons (Fsp3) is 1.00. The fourth-order valence-electron chi connectivity index (χ4n) is 4.55.